The monoisotopic (exact) mass is 410 g/mol. The molecule has 0 N–H and O–H groups in total. The van der Waals surface area contributed by atoms with E-state index in [1.165, 1.54) is 0 Å². The molecule has 0 bridgehead atoms. The highest BCUT2D eigenvalue weighted by molar-refractivity contribution is 5.85. The normalized spacial score (nSPS) is 14.4. The fourth-order valence-corrected chi connectivity index (χ4v) is 5.05. The van der Waals surface area contributed by atoms with Crippen molar-refractivity contribution in [1.82, 2.24) is 0 Å². The summed E-state index contributed by atoms with van der Waals surface area (Å²) in [5.41, 5.74) is 1.76. The lowest BCUT2D eigenvalue weighted by atomic mass is 9.88. The van der Waals surface area contributed by atoms with Crippen molar-refractivity contribution in [3.63, 3.8) is 0 Å². The van der Waals surface area contributed by atoms with Gasteiger partial charge in [-0.15, -0.1) is 0 Å². The maximum Gasteiger partial charge on any atom is 0.318 e. The SMILES string of the molecule is CCC[N+](CCC)(CCC)CC(C)OC(=O)C1c2ccccc2Oc2ccccc21. The second kappa shape index (κ2) is 10.1. The molecule has 1 aliphatic rings. The molecule has 1 atom stereocenters. The molecule has 162 valence electrons. The Labute approximate surface area is 181 Å². The zero-order chi connectivity index (χ0) is 21.6. The van der Waals surface area contributed by atoms with E-state index in [0.717, 1.165) is 72.6 Å². The fourth-order valence-electron chi connectivity index (χ4n) is 5.05. The van der Waals surface area contributed by atoms with Gasteiger partial charge in [0.15, 0.2) is 0 Å². The van der Waals surface area contributed by atoms with Crippen molar-refractivity contribution in [2.75, 3.05) is 26.2 Å². The maximum absolute atomic E-state index is 13.4. The zero-order valence-electron chi connectivity index (χ0n) is 18.9. The van der Waals surface area contributed by atoms with E-state index >= 15 is 0 Å². The van der Waals surface area contributed by atoms with Crippen molar-refractivity contribution in [3.05, 3.63) is 59.7 Å². The van der Waals surface area contributed by atoms with Gasteiger partial charge < -0.3 is 14.0 Å². The Kier molecular flexibility index (Phi) is 7.54. The Morgan fingerprint density at radius 1 is 0.900 bits per heavy atom. The molecule has 2 aromatic carbocycles. The van der Waals surface area contributed by atoms with E-state index in [-0.39, 0.29) is 12.1 Å². The van der Waals surface area contributed by atoms with Crippen LogP contribution in [0.15, 0.2) is 48.5 Å². The molecule has 0 aromatic heterocycles. The minimum absolute atomic E-state index is 0.135. The fraction of sp³-hybridized carbons (Fsp3) is 0.500. The number of esters is 1. The third-order valence-corrected chi connectivity index (χ3v) is 5.97. The van der Waals surface area contributed by atoms with Crippen molar-refractivity contribution in [3.8, 4) is 11.5 Å². The Morgan fingerprint density at radius 2 is 1.37 bits per heavy atom. The molecule has 0 aliphatic carbocycles. The molecule has 4 heteroatoms. The van der Waals surface area contributed by atoms with E-state index < -0.39 is 5.92 Å². The minimum Gasteiger partial charge on any atom is -0.457 e. The first-order valence-corrected chi connectivity index (χ1v) is 11.4. The Balaban J connectivity index is 1.82. The quantitative estimate of drug-likeness (QED) is 0.361. The Hall–Kier alpha value is -2.33. The van der Waals surface area contributed by atoms with Crippen LogP contribution < -0.4 is 4.74 Å². The summed E-state index contributed by atoms with van der Waals surface area (Å²) < 4.78 is 13.1. The summed E-state index contributed by atoms with van der Waals surface area (Å²) in [5.74, 6) is 0.838. The third kappa shape index (κ3) is 4.86. The van der Waals surface area contributed by atoms with E-state index in [0.29, 0.717) is 0 Å². The largest absolute Gasteiger partial charge is 0.457 e. The van der Waals surface area contributed by atoms with Crippen LogP contribution in [0.25, 0.3) is 0 Å². The third-order valence-electron chi connectivity index (χ3n) is 5.97. The van der Waals surface area contributed by atoms with Crippen LogP contribution in [0.5, 0.6) is 11.5 Å². The van der Waals surface area contributed by atoms with Gasteiger partial charge in [-0.3, -0.25) is 4.79 Å². The van der Waals surface area contributed by atoms with Crippen LogP contribution in [0.1, 0.15) is 64.0 Å². The number of ether oxygens (including phenoxy) is 2. The predicted octanol–water partition coefficient (Wildman–Crippen LogP) is 5.90. The highest BCUT2D eigenvalue weighted by Crippen LogP contribution is 2.44. The molecule has 1 heterocycles. The Bertz CT molecular complexity index is 785. The molecule has 2 aromatic rings. The van der Waals surface area contributed by atoms with Crippen LogP contribution in [0.2, 0.25) is 0 Å². The van der Waals surface area contributed by atoms with Gasteiger partial charge in [0.1, 0.15) is 30.1 Å². The van der Waals surface area contributed by atoms with Gasteiger partial charge in [0.2, 0.25) is 0 Å². The molecule has 4 nitrogen and oxygen atoms in total. The molecule has 1 aliphatic heterocycles. The second-order valence-corrected chi connectivity index (χ2v) is 8.55. The van der Waals surface area contributed by atoms with Crippen molar-refractivity contribution >= 4 is 5.97 Å². The van der Waals surface area contributed by atoms with Crippen LogP contribution in [0.3, 0.4) is 0 Å². The molecule has 0 fully saturated rings. The predicted molar refractivity (Wildman–Crippen MR) is 121 cm³/mol. The van der Waals surface area contributed by atoms with Gasteiger partial charge in [0, 0.05) is 11.1 Å². The first-order valence-electron chi connectivity index (χ1n) is 11.4. The van der Waals surface area contributed by atoms with E-state index in [2.05, 4.69) is 20.8 Å². The number of carbonyl (C=O) groups excluding carboxylic acids is 1. The van der Waals surface area contributed by atoms with Gasteiger partial charge in [0.05, 0.1) is 19.6 Å². The van der Waals surface area contributed by atoms with Gasteiger partial charge in [-0.25, -0.2) is 0 Å². The number of fused-ring (bicyclic) bond motifs is 2. The number of para-hydroxylation sites is 2. The smallest absolute Gasteiger partial charge is 0.318 e. The van der Waals surface area contributed by atoms with Gasteiger partial charge in [-0.1, -0.05) is 57.2 Å². The molecule has 0 saturated heterocycles. The molecule has 0 amide bonds. The zero-order valence-corrected chi connectivity index (χ0v) is 18.9. The number of nitrogens with zero attached hydrogens (tertiary/aromatic N) is 1. The van der Waals surface area contributed by atoms with Gasteiger partial charge in [-0.2, -0.15) is 0 Å². The number of hydrogen-bond donors (Lipinski definition) is 0. The average molecular weight is 411 g/mol. The summed E-state index contributed by atoms with van der Waals surface area (Å²) in [6.45, 7) is 13.0. The number of hydrogen-bond acceptors (Lipinski definition) is 3. The molecule has 30 heavy (non-hydrogen) atoms. The molecule has 1 unspecified atom stereocenters. The van der Waals surface area contributed by atoms with E-state index in [9.17, 15) is 4.79 Å². The molecule has 0 radical (unpaired) electrons. The second-order valence-electron chi connectivity index (χ2n) is 8.55. The summed E-state index contributed by atoms with van der Waals surface area (Å²) in [4.78, 5) is 13.4. The summed E-state index contributed by atoms with van der Waals surface area (Å²) in [5, 5.41) is 0. The lowest BCUT2D eigenvalue weighted by molar-refractivity contribution is -0.930. The van der Waals surface area contributed by atoms with Crippen molar-refractivity contribution in [2.24, 2.45) is 0 Å². The topological polar surface area (TPSA) is 35.5 Å². The van der Waals surface area contributed by atoms with Crippen molar-refractivity contribution in [2.45, 2.75) is 59.0 Å². The highest BCUT2D eigenvalue weighted by Gasteiger charge is 2.36. The number of quaternary nitrogens is 1. The highest BCUT2D eigenvalue weighted by atomic mass is 16.5. The summed E-state index contributed by atoms with van der Waals surface area (Å²) in [6, 6.07) is 15.5. The Morgan fingerprint density at radius 3 is 1.83 bits per heavy atom. The standard InChI is InChI=1S/C26H36NO3/c1-5-16-27(17-6-2,18-7-3)19-20(4)29-26(28)25-21-12-8-10-14-23(21)30-24-15-11-9-13-22(24)25/h8-15,20,25H,5-7,16-19H2,1-4H3/q+1. The first kappa shape index (κ1) is 22.4. The molecule has 3 rings (SSSR count). The number of benzene rings is 2. The molecule has 0 saturated carbocycles. The number of carbonyl (C=O) groups is 1. The summed E-state index contributed by atoms with van der Waals surface area (Å²) in [7, 11) is 0. The molecular formula is C26H36NO3+. The van der Waals surface area contributed by atoms with Crippen LogP contribution >= 0.6 is 0 Å². The van der Waals surface area contributed by atoms with E-state index in [4.69, 9.17) is 9.47 Å². The van der Waals surface area contributed by atoms with Crippen LogP contribution in [0.4, 0.5) is 0 Å². The van der Waals surface area contributed by atoms with E-state index in [1.807, 2.05) is 55.5 Å². The van der Waals surface area contributed by atoms with Crippen molar-refractivity contribution in [1.29, 1.82) is 0 Å². The molecular weight excluding hydrogens is 374 g/mol. The van der Waals surface area contributed by atoms with Crippen LogP contribution in [-0.4, -0.2) is 42.7 Å². The van der Waals surface area contributed by atoms with Gasteiger partial charge in [-0.05, 0) is 38.3 Å². The van der Waals surface area contributed by atoms with Crippen molar-refractivity contribution < 1.29 is 18.8 Å². The molecule has 0 spiro atoms. The lowest BCUT2D eigenvalue weighted by Gasteiger charge is -2.40. The summed E-state index contributed by atoms with van der Waals surface area (Å²) >= 11 is 0. The van der Waals surface area contributed by atoms with E-state index in [1.54, 1.807) is 0 Å². The average Bonchev–Trinajstić information content (AvgIpc) is 2.72. The number of rotatable bonds is 10. The van der Waals surface area contributed by atoms with Crippen LogP contribution in [-0.2, 0) is 9.53 Å². The summed E-state index contributed by atoms with van der Waals surface area (Å²) in [6.07, 6.45) is 3.29. The van der Waals surface area contributed by atoms with Gasteiger partial charge in [0.25, 0.3) is 0 Å². The first-order chi connectivity index (χ1) is 14.5. The van der Waals surface area contributed by atoms with Crippen LogP contribution in [0, 0.1) is 0 Å². The minimum atomic E-state index is -0.445. The van der Waals surface area contributed by atoms with Gasteiger partial charge >= 0.3 is 5.97 Å². The maximum atomic E-state index is 13.4. The lowest BCUT2D eigenvalue weighted by Crippen LogP contribution is -2.54.